The summed E-state index contributed by atoms with van der Waals surface area (Å²) in [6.45, 7) is 1.79. The summed E-state index contributed by atoms with van der Waals surface area (Å²) in [7, 11) is 0. The Morgan fingerprint density at radius 1 is 0.793 bits per heavy atom. The van der Waals surface area contributed by atoms with Crippen LogP contribution < -0.4 is 10.6 Å². The quantitative estimate of drug-likeness (QED) is 0.690. The van der Waals surface area contributed by atoms with Crippen LogP contribution in [0.5, 0.6) is 0 Å². The fourth-order valence-corrected chi connectivity index (χ4v) is 4.69. The predicted octanol–water partition coefficient (Wildman–Crippen LogP) is 3.32. The molecule has 2 amide bonds. The van der Waals surface area contributed by atoms with Gasteiger partial charge in [-0.2, -0.15) is 10.2 Å². The minimum absolute atomic E-state index is 0.248. The summed E-state index contributed by atoms with van der Waals surface area (Å²) in [5.74, 6) is 0.633. The highest BCUT2D eigenvalue weighted by atomic mass is 32.1. The molecule has 0 fully saturated rings. The Kier molecular flexibility index (Phi) is 4.67. The zero-order chi connectivity index (χ0) is 19.8. The normalized spacial score (nSPS) is 15.4. The highest BCUT2D eigenvalue weighted by Gasteiger charge is 2.19. The first kappa shape index (κ1) is 18.1. The second-order valence-electron chi connectivity index (χ2n) is 7.47. The number of amides is 2. The monoisotopic (exact) mass is 410 g/mol. The fourth-order valence-electron chi connectivity index (χ4n) is 3.90. The average molecular weight is 411 g/mol. The Morgan fingerprint density at radius 3 is 1.72 bits per heavy atom. The average Bonchev–Trinajstić information content (AvgIpc) is 3.44. The first-order valence-electron chi connectivity index (χ1n) is 10.0. The number of carbonyl (C=O) groups excluding carboxylic acids is 2. The van der Waals surface area contributed by atoms with E-state index < -0.39 is 0 Å². The zero-order valence-electron chi connectivity index (χ0n) is 16.0. The lowest BCUT2D eigenvalue weighted by atomic mass is 10.1. The van der Waals surface area contributed by atoms with Crippen molar-refractivity contribution < 1.29 is 9.59 Å². The smallest absolute Gasteiger partial charge is 0.266 e. The molecule has 3 aromatic heterocycles. The van der Waals surface area contributed by atoms with Crippen molar-refractivity contribution in [2.75, 3.05) is 10.6 Å². The second-order valence-corrected chi connectivity index (χ2v) is 8.56. The summed E-state index contributed by atoms with van der Waals surface area (Å²) >= 11 is 1.16. The van der Waals surface area contributed by atoms with Crippen molar-refractivity contribution in [2.24, 2.45) is 0 Å². The Hall–Kier alpha value is -2.94. The van der Waals surface area contributed by atoms with Gasteiger partial charge >= 0.3 is 0 Å². The molecule has 8 nitrogen and oxygen atoms in total. The van der Waals surface area contributed by atoms with E-state index in [9.17, 15) is 9.59 Å². The molecule has 0 radical (unpaired) electrons. The van der Waals surface area contributed by atoms with E-state index in [4.69, 9.17) is 0 Å². The molecule has 9 heteroatoms. The third kappa shape index (κ3) is 3.69. The van der Waals surface area contributed by atoms with Gasteiger partial charge in [-0.05, 0) is 50.7 Å². The molecular formula is C20H22N6O2S. The minimum atomic E-state index is -0.248. The SMILES string of the molecule is O=C(Nc1cc2n(n1)CCCC2)c1ccc(C(=O)Nc2cc3n(n2)CCCC3)s1. The zero-order valence-corrected chi connectivity index (χ0v) is 16.8. The molecule has 0 unspecified atom stereocenters. The summed E-state index contributed by atoms with van der Waals surface area (Å²) in [5, 5.41) is 14.6. The van der Waals surface area contributed by atoms with Gasteiger partial charge in [-0.25, -0.2) is 0 Å². The number of aryl methyl sites for hydroxylation is 4. The molecule has 5 heterocycles. The maximum atomic E-state index is 12.6. The number of fused-ring (bicyclic) bond motifs is 2. The first-order chi connectivity index (χ1) is 14.2. The van der Waals surface area contributed by atoms with E-state index in [0.717, 1.165) is 74.3 Å². The van der Waals surface area contributed by atoms with Gasteiger partial charge in [0.25, 0.3) is 11.8 Å². The second kappa shape index (κ2) is 7.47. The van der Waals surface area contributed by atoms with Crippen LogP contribution in [0.1, 0.15) is 56.4 Å². The number of hydrogen-bond donors (Lipinski definition) is 2. The van der Waals surface area contributed by atoms with Crippen LogP contribution in [0, 0.1) is 0 Å². The number of aromatic nitrogens is 4. The molecule has 0 spiro atoms. The lowest BCUT2D eigenvalue weighted by Crippen LogP contribution is -2.13. The van der Waals surface area contributed by atoms with E-state index in [-0.39, 0.29) is 11.8 Å². The summed E-state index contributed by atoms with van der Waals surface area (Å²) in [6, 6.07) is 7.20. The van der Waals surface area contributed by atoms with Crippen molar-refractivity contribution in [3.8, 4) is 0 Å². The number of anilines is 2. The summed E-state index contributed by atoms with van der Waals surface area (Å²) in [6.07, 6.45) is 6.52. The first-order valence-corrected chi connectivity index (χ1v) is 10.8. The van der Waals surface area contributed by atoms with Crippen LogP contribution in [-0.4, -0.2) is 31.4 Å². The van der Waals surface area contributed by atoms with Crippen LogP contribution in [-0.2, 0) is 25.9 Å². The Labute approximate surface area is 171 Å². The minimum Gasteiger partial charge on any atom is -0.304 e. The highest BCUT2D eigenvalue weighted by Crippen LogP contribution is 2.23. The van der Waals surface area contributed by atoms with Gasteiger partial charge in [-0.3, -0.25) is 19.0 Å². The molecule has 2 aliphatic heterocycles. The topological polar surface area (TPSA) is 93.8 Å². The molecule has 0 aromatic carbocycles. The van der Waals surface area contributed by atoms with Crippen LogP contribution >= 0.6 is 11.3 Å². The number of nitrogens with zero attached hydrogens (tertiary/aromatic N) is 4. The third-order valence-electron chi connectivity index (χ3n) is 5.37. The summed E-state index contributed by atoms with van der Waals surface area (Å²) in [5.41, 5.74) is 2.31. The predicted molar refractivity (Wildman–Crippen MR) is 111 cm³/mol. The molecule has 0 atom stereocenters. The van der Waals surface area contributed by atoms with Gasteiger partial charge in [0.1, 0.15) is 0 Å². The van der Waals surface area contributed by atoms with E-state index in [1.807, 2.05) is 21.5 Å². The van der Waals surface area contributed by atoms with Crippen LogP contribution in [0.2, 0.25) is 0 Å². The van der Waals surface area contributed by atoms with Crippen LogP contribution in [0.25, 0.3) is 0 Å². The van der Waals surface area contributed by atoms with Gasteiger partial charge < -0.3 is 10.6 Å². The van der Waals surface area contributed by atoms with Gasteiger partial charge in [-0.1, -0.05) is 0 Å². The maximum Gasteiger partial charge on any atom is 0.266 e. The Bertz CT molecular complexity index is 949. The standard InChI is InChI=1S/C20H22N6O2S/c27-19(21-17-11-13-5-1-3-9-25(13)23-17)15-7-8-16(29-15)20(28)22-18-12-14-6-2-4-10-26(14)24-18/h7-8,11-12H,1-6,9-10H2,(H,21,23,27)(H,22,24,28). The van der Waals surface area contributed by atoms with E-state index in [1.54, 1.807) is 12.1 Å². The van der Waals surface area contributed by atoms with Crippen LogP contribution in [0.15, 0.2) is 24.3 Å². The highest BCUT2D eigenvalue weighted by molar-refractivity contribution is 7.16. The number of hydrogen-bond acceptors (Lipinski definition) is 5. The van der Waals surface area contributed by atoms with E-state index >= 15 is 0 Å². The van der Waals surface area contributed by atoms with Crippen molar-refractivity contribution in [3.63, 3.8) is 0 Å². The third-order valence-corrected chi connectivity index (χ3v) is 6.45. The lowest BCUT2D eigenvalue weighted by molar-refractivity contribution is 0.102. The Morgan fingerprint density at radius 2 is 1.28 bits per heavy atom. The molecule has 29 heavy (non-hydrogen) atoms. The summed E-state index contributed by atoms with van der Waals surface area (Å²) < 4.78 is 3.91. The van der Waals surface area contributed by atoms with E-state index in [2.05, 4.69) is 20.8 Å². The van der Waals surface area contributed by atoms with Crippen LogP contribution in [0.3, 0.4) is 0 Å². The molecule has 0 bridgehead atoms. The lowest BCUT2D eigenvalue weighted by Gasteiger charge is -2.11. The van der Waals surface area contributed by atoms with E-state index in [0.29, 0.717) is 21.4 Å². The number of thiophene rings is 1. The molecule has 150 valence electrons. The molecule has 0 saturated carbocycles. The molecule has 3 aromatic rings. The Balaban J connectivity index is 1.24. The van der Waals surface area contributed by atoms with Crippen molar-refractivity contribution in [1.82, 2.24) is 19.6 Å². The molecule has 5 rings (SSSR count). The van der Waals surface area contributed by atoms with Gasteiger partial charge in [-0.15, -0.1) is 11.3 Å². The van der Waals surface area contributed by atoms with Gasteiger partial charge in [0.05, 0.1) is 9.75 Å². The number of nitrogens with one attached hydrogen (secondary N) is 2. The van der Waals surface area contributed by atoms with Crippen molar-refractivity contribution in [3.05, 3.63) is 45.4 Å². The maximum absolute atomic E-state index is 12.6. The molecule has 2 N–H and O–H groups in total. The number of carbonyl (C=O) groups is 2. The van der Waals surface area contributed by atoms with Gasteiger partial charge in [0.15, 0.2) is 11.6 Å². The van der Waals surface area contributed by atoms with E-state index in [1.165, 1.54) is 0 Å². The fraction of sp³-hybridized carbons (Fsp3) is 0.400. The van der Waals surface area contributed by atoms with Gasteiger partial charge in [0, 0.05) is 36.6 Å². The molecule has 0 saturated heterocycles. The molecule has 0 aliphatic carbocycles. The van der Waals surface area contributed by atoms with Crippen LogP contribution in [0.4, 0.5) is 11.6 Å². The van der Waals surface area contributed by atoms with Crippen molar-refractivity contribution in [2.45, 2.75) is 51.6 Å². The van der Waals surface area contributed by atoms with Crippen molar-refractivity contribution in [1.29, 1.82) is 0 Å². The van der Waals surface area contributed by atoms with Gasteiger partial charge in [0.2, 0.25) is 0 Å². The number of rotatable bonds is 4. The molecular weight excluding hydrogens is 388 g/mol. The largest absolute Gasteiger partial charge is 0.304 e. The van der Waals surface area contributed by atoms with Crippen molar-refractivity contribution >= 4 is 34.8 Å². The summed E-state index contributed by atoms with van der Waals surface area (Å²) in [4.78, 5) is 26.1. The molecule has 2 aliphatic rings.